The Morgan fingerprint density at radius 2 is 1.68 bits per heavy atom. The highest BCUT2D eigenvalue weighted by atomic mass is 16.2. The number of hydrogen-bond donors (Lipinski definition) is 1. The first-order valence-corrected chi connectivity index (χ1v) is 8.32. The minimum atomic E-state index is -0.338. The van der Waals surface area contributed by atoms with Crippen LogP contribution in [-0.2, 0) is 6.42 Å². The maximum Gasteiger partial charge on any atom is 0.261 e. The van der Waals surface area contributed by atoms with Gasteiger partial charge in [0, 0.05) is 18.2 Å². The van der Waals surface area contributed by atoms with Crippen molar-refractivity contribution >= 4 is 17.7 Å². The molecule has 1 aliphatic heterocycles. The molecule has 1 aliphatic rings. The lowest BCUT2D eigenvalue weighted by molar-refractivity contribution is 0.0656. The van der Waals surface area contributed by atoms with Gasteiger partial charge in [-0.1, -0.05) is 30.3 Å². The third kappa shape index (κ3) is 3.45. The molecule has 0 aromatic heterocycles. The fourth-order valence-electron chi connectivity index (χ4n) is 2.87. The van der Waals surface area contributed by atoms with E-state index < -0.39 is 0 Å². The van der Waals surface area contributed by atoms with Gasteiger partial charge in [0.2, 0.25) is 0 Å². The lowest BCUT2D eigenvalue weighted by atomic mass is 10.1. The third-order valence-electron chi connectivity index (χ3n) is 4.12. The number of carbonyl (C=O) groups is 3. The first-order valence-electron chi connectivity index (χ1n) is 8.32. The Morgan fingerprint density at radius 1 is 1.00 bits per heavy atom. The Morgan fingerprint density at radius 3 is 2.36 bits per heavy atom. The quantitative estimate of drug-likeness (QED) is 0.854. The highest BCUT2D eigenvalue weighted by molar-refractivity contribution is 6.22. The van der Waals surface area contributed by atoms with Crippen molar-refractivity contribution in [2.75, 3.05) is 6.54 Å². The van der Waals surface area contributed by atoms with Crippen LogP contribution in [0.25, 0.3) is 0 Å². The molecule has 0 radical (unpaired) electrons. The standard InChI is InChI=1S/C20H20N2O3/c1-13(2)21-18(23)15-8-9-16-17(12-15)20(25)22(19(16)24)11-10-14-6-4-3-5-7-14/h3-9,12-13H,10-11H2,1-2H3,(H,21,23). The van der Waals surface area contributed by atoms with Gasteiger partial charge in [0.25, 0.3) is 17.7 Å². The molecule has 5 heteroatoms. The van der Waals surface area contributed by atoms with E-state index in [1.54, 1.807) is 12.1 Å². The second-order valence-electron chi connectivity index (χ2n) is 6.39. The van der Waals surface area contributed by atoms with E-state index in [0.29, 0.717) is 29.7 Å². The third-order valence-corrected chi connectivity index (χ3v) is 4.12. The van der Waals surface area contributed by atoms with Crippen molar-refractivity contribution in [2.45, 2.75) is 26.3 Å². The van der Waals surface area contributed by atoms with Crippen LogP contribution in [0, 0.1) is 0 Å². The maximum atomic E-state index is 12.6. The summed E-state index contributed by atoms with van der Waals surface area (Å²) >= 11 is 0. The number of carbonyl (C=O) groups excluding carboxylic acids is 3. The molecule has 128 valence electrons. The summed E-state index contributed by atoms with van der Waals surface area (Å²) in [5, 5.41) is 2.79. The minimum Gasteiger partial charge on any atom is -0.350 e. The monoisotopic (exact) mass is 336 g/mol. The SMILES string of the molecule is CC(C)NC(=O)c1ccc2c(c1)C(=O)N(CCc1ccccc1)C2=O. The number of nitrogens with one attached hydrogen (secondary N) is 1. The Kier molecular flexibility index (Phi) is 4.65. The van der Waals surface area contributed by atoms with Gasteiger partial charge < -0.3 is 5.32 Å². The molecule has 0 atom stereocenters. The van der Waals surface area contributed by atoms with Gasteiger partial charge in [0.05, 0.1) is 11.1 Å². The van der Waals surface area contributed by atoms with E-state index in [2.05, 4.69) is 5.32 Å². The van der Waals surface area contributed by atoms with Crippen LogP contribution in [0.2, 0.25) is 0 Å². The van der Waals surface area contributed by atoms with Crippen molar-refractivity contribution in [2.24, 2.45) is 0 Å². The average Bonchev–Trinajstić information content (AvgIpc) is 2.84. The summed E-state index contributed by atoms with van der Waals surface area (Å²) in [6.07, 6.45) is 0.604. The summed E-state index contributed by atoms with van der Waals surface area (Å²) in [5.41, 5.74) is 2.11. The predicted molar refractivity (Wildman–Crippen MR) is 94.6 cm³/mol. The van der Waals surface area contributed by atoms with Crippen LogP contribution < -0.4 is 5.32 Å². The number of rotatable bonds is 5. The normalized spacial score (nSPS) is 13.3. The van der Waals surface area contributed by atoms with Crippen LogP contribution in [0.3, 0.4) is 0 Å². The molecular formula is C20H20N2O3. The molecule has 0 saturated carbocycles. The van der Waals surface area contributed by atoms with Crippen LogP contribution >= 0.6 is 0 Å². The minimum absolute atomic E-state index is 0.000425. The van der Waals surface area contributed by atoms with E-state index in [4.69, 9.17) is 0 Å². The lowest BCUT2D eigenvalue weighted by Crippen LogP contribution is -2.31. The lowest BCUT2D eigenvalue weighted by Gasteiger charge is -2.13. The predicted octanol–water partition coefficient (Wildman–Crippen LogP) is 2.66. The van der Waals surface area contributed by atoms with E-state index in [0.717, 1.165) is 5.56 Å². The fourth-order valence-corrected chi connectivity index (χ4v) is 2.87. The van der Waals surface area contributed by atoms with Gasteiger partial charge in [0.15, 0.2) is 0 Å². The van der Waals surface area contributed by atoms with E-state index in [9.17, 15) is 14.4 Å². The van der Waals surface area contributed by atoms with Gasteiger partial charge >= 0.3 is 0 Å². The highest BCUT2D eigenvalue weighted by Crippen LogP contribution is 2.24. The summed E-state index contributed by atoms with van der Waals surface area (Å²) in [5.74, 6) is -0.886. The van der Waals surface area contributed by atoms with E-state index in [1.807, 2.05) is 44.2 Å². The van der Waals surface area contributed by atoms with Crippen LogP contribution in [0.4, 0.5) is 0 Å². The van der Waals surface area contributed by atoms with Crippen molar-refractivity contribution in [3.05, 3.63) is 70.8 Å². The number of hydrogen-bond acceptors (Lipinski definition) is 3. The summed E-state index contributed by atoms with van der Waals surface area (Å²) < 4.78 is 0. The van der Waals surface area contributed by atoms with E-state index >= 15 is 0 Å². The largest absolute Gasteiger partial charge is 0.350 e. The topological polar surface area (TPSA) is 66.5 Å². The second kappa shape index (κ2) is 6.89. The van der Waals surface area contributed by atoms with Crippen LogP contribution in [0.5, 0.6) is 0 Å². The molecule has 25 heavy (non-hydrogen) atoms. The van der Waals surface area contributed by atoms with Gasteiger partial charge in [-0.15, -0.1) is 0 Å². The zero-order chi connectivity index (χ0) is 18.0. The number of imide groups is 1. The zero-order valence-corrected chi connectivity index (χ0v) is 14.3. The molecule has 2 aromatic rings. The molecule has 1 N–H and O–H groups in total. The van der Waals surface area contributed by atoms with Crippen molar-refractivity contribution < 1.29 is 14.4 Å². The summed E-state index contributed by atoms with van der Waals surface area (Å²) in [6, 6.07) is 14.4. The fraction of sp³-hybridized carbons (Fsp3) is 0.250. The molecule has 0 bridgehead atoms. The molecular weight excluding hydrogens is 316 g/mol. The van der Waals surface area contributed by atoms with Gasteiger partial charge in [-0.05, 0) is 44.0 Å². The second-order valence-corrected chi connectivity index (χ2v) is 6.39. The first-order chi connectivity index (χ1) is 12.0. The van der Waals surface area contributed by atoms with Crippen molar-refractivity contribution in [1.29, 1.82) is 0 Å². The van der Waals surface area contributed by atoms with Crippen molar-refractivity contribution in [3.63, 3.8) is 0 Å². The van der Waals surface area contributed by atoms with Crippen LogP contribution in [-0.4, -0.2) is 35.2 Å². The molecule has 0 aliphatic carbocycles. The Labute approximate surface area is 146 Å². The summed E-state index contributed by atoms with van der Waals surface area (Å²) in [7, 11) is 0. The molecule has 5 nitrogen and oxygen atoms in total. The van der Waals surface area contributed by atoms with Gasteiger partial charge in [-0.25, -0.2) is 0 Å². The van der Waals surface area contributed by atoms with E-state index in [1.165, 1.54) is 11.0 Å². The van der Waals surface area contributed by atoms with Gasteiger partial charge in [-0.2, -0.15) is 0 Å². The molecule has 2 aromatic carbocycles. The zero-order valence-electron chi connectivity index (χ0n) is 14.3. The number of benzene rings is 2. The molecule has 1 heterocycles. The molecule has 0 spiro atoms. The summed E-state index contributed by atoms with van der Waals surface area (Å²) in [6.45, 7) is 4.06. The summed E-state index contributed by atoms with van der Waals surface area (Å²) in [4.78, 5) is 38.5. The maximum absolute atomic E-state index is 12.6. The number of fused-ring (bicyclic) bond motifs is 1. The molecule has 0 fully saturated rings. The molecule has 0 unspecified atom stereocenters. The average molecular weight is 336 g/mol. The molecule has 3 rings (SSSR count). The molecule has 3 amide bonds. The van der Waals surface area contributed by atoms with Crippen molar-refractivity contribution in [1.82, 2.24) is 10.2 Å². The Balaban J connectivity index is 1.78. The van der Waals surface area contributed by atoms with Gasteiger partial charge in [0.1, 0.15) is 0 Å². The number of nitrogens with zero attached hydrogens (tertiary/aromatic N) is 1. The molecule has 0 saturated heterocycles. The smallest absolute Gasteiger partial charge is 0.261 e. The van der Waals surface area contributed by atoms with Crippen LogP contribution in [0.15, 0.2) is 48.5 Å². The van der Waals surface area contributed by atoms with Gasteiger partial charge in [-0.3, -0.25) is 19.3 Å². The van der Waals surface area contributed by atoms with E-state index in [-0.39, 0.29) is 23.8 Å². The Bertz CT molecular complexity index is 828. The number of amides is 3. The first kappa shape index (κ1) is 16.9. The van der Waals surface area contributed by atoms with Crippen molar-refractivity contribution in [3.8, 4) is 0 Å². The van der Waals surface area contributed by atoms with Crippen LogP contribution in [0.1, 0.15) is 50.5 Å². The highest BCUT2D eigenvalue weighted by Gasteiger charge is 2.35. The Hall–Kier alpha value is -2.95.